The second-order valence-corrected chi connectivity index (χ2v) is 8.51. The molecule has 1 amide bonds. The summed E-state index contributed by atoms with van der Waals surface area (Å²) in [5.41, 5.74) is 1.81. The number of rotatable bonds is 2. The lowest BCUT2D eigenvalue weighted by atomic mass is 9.93. The summed E-state index contributed by atoms with van der Waals surface area (Å²) in [6, 6.07) is 5.30. The van der Waals surface area contributed by atoms with Gasteiger partial charge in [0.15, 0.2) is 0 Å². The number of anilines is 1. The maximum Gasteiger partial charge on any atom is 0.259 e. The summed E-state index contributed by atoms with van der Waals surface area (Å²) in [7, 11) is 0. The van der Waals surface area contributed by atoms with E-state index in [1.807, 2.05) is 13.8 Å². The average Bonchev–Trinajstić information content (AvgIpc) is 3.38. The van der Waals surface area contributed by atoms with Crippen LogP contribution in [0.3, 0.4) is 0 Å². The van der Waals surface area contributed by atoms with Crippen molar-refractivity contribution in [3.05, 3.63) is 39.6 Å². The first-order valence-corrected chi connectivity index (χ1v) is 9.88. The van der Waals surface area contributed by atoms with E-state index in [1.165, 1.54) is 25.7 Å². The molecular weight excluding hydrogens is 371 g/mol. The summed E-state index contributed by atoms with van der Waals surface area (Å²) in [5, 5.41) is 2.48. The fraction of sp³-hybridized carbons (Fsp3) is 0.526. The van der Waals surface area contributed by atoms with E-state index in [1.54, 1.807) is 28.1 Å². The van der Waals surface area contributed by atoms with Gasteiger partial charge >= 0.3 is 0 Å². The van der Waals surface area contributed by atoms with Gasteiger partial charge in [0, 0.05) is 13.1 Å². The van der Waals surface area contributed by atoms with Gasteiger partial charge in [-0.2, -0.15) is 0 Å². The van der Waals surface area contributed by atoms with Crippen LogP contribution in [0.2, 0.25) is 10.0 Å². The predicted molar refractivity (Wildman–Crippen MR) is 105 cm³/mol. The molecule has 1 aromatic carbocycles. The third-order valence-electron chi connectivity index (χ3n) is 6.17. The van der Waals surface area contributed by atoms with Crippen molar-refractivity contribution in [1.82, 2.24) is 9.91 Å². The minimum atomic E-state index is -0.353. The Hall–Kier alpha value is -1.43. The zero-order valence-electron chi connectivity index (χ0n) is 15.1. The Labute approximate surface area is 164 Å². The molecule has 2 aliphatic heterocycles. The largest absolute Gasteiger partial charge is 0.357 e. The van der Waals surface area contributed by atoms with Crippen LogP contribution in [0.1, 0.15) is 39.5 Å². The molecule has 1 spiro atoms. The van der Waals surface area contributed by atoms with Crippen molar-refractivity contribution in [2.24, 2.45) is 11.3 Å². The number of amides is 1. The van der Waals surface area contributed by atoms with Crippen LogP contribution in [0.25, 0.3) is 0 Å². The lowest BCUT2D eigenvalue weighted by Gasteiger charge is -2.47. The molecule has 1 saturated heterocycles. The molecule has 2 fully saturated rings. The Kier molecular flexibility index (Phi) is 4.37. The van der Waals surface area contributed by atoms with E-state index < -0.39 is 0 Å². The molecule has 1 aliphatic carbocycles. The molecule has 5 nitrogen and oxygen atoms in total. The summed E-state index contributed by atoms with van der Waals surface area (Å²) in [6.07, 6.45) is 4.71. The predicted octanol–water partition coefficient (Wildman–Crippen LogP) is 3.97. The first kappa shape index (κ1) is 18.0. The van der Waals surface area contributed by atoms with Crippen molar-refractivity contribution in [1.29, 1.82) is 0 Å². The number of nitrogens with zero attached hydrogens (tertiary/aromatic N) is 3. The highest BCUT2D eigenvalue weighted by Gasteiger charge is 2.46. The molecule has 1 atom stereocenters. The average molecular weight is 395 g/mol. The number of piperidine rings is 1. The van der Waals surface area contributed by atoms with Crippen LogP contribution in [-0.2, 0) is 4.79 Å². The van der Waals surface area contributed by atoms with Gasteiger partial charge in [-0.05, 0) is 57.1 Å². The Morgan fingerprint density at radius 3 is 2.42 bits per heavy atom. The molecule has 1 saturated carbocycles. The number of carbonyl (C=O) groups excluding carboxylic acids is 1. The number of nitrogens with two attached hydrogens (primary N) is 1. The Morgan fingerprint density at radius 1 is 1.15 bits per heavy atom. The topological polar surface area (TPSA) is 52.8 Å². The van der Waals surface area contributed by atoms with Crippen molar-refractivity contribution in [2.45, 2.75) is 45.7 Å². The second kappa shape index (κ2) is 6.32. The molecule has 4 rings (SSSR count). The van der Waals surface area contributed by atoms with E-state index in [4.69, 9.17) is 29.0 Å². The molecule has 0 aromatic heterocycles. The summed E-state index contributed by atoms with van der Waals surface area (Å²) in [4.78, 5) is 17.1. The highest BCUT2D eigenvalue weighted by atomic mass is 35.5. The fourth-order valence-corrected chi connectivity index (χ4v) is 4.59. The van der Waals surface area contributed by atoms with Crippen LogP contribution in [0.15, 0.2) is 29.6 Å². The molecule has 0 bridgehead atoms. The summed E-state index contributed by atoms with van der Waals surface area (Å²) in [6.45, 7) is 5.67. The van der Waals surface area contributed by atoms with E-state index in [0.717, 1.165) is 18.9 Å². The van der Waals surface area contributed by atoms with Gasteiger partial charge in [-0.3, -0.25) is 14.7 Å². The maximum atomic E-state index is 13.2. The van der Waals surface area contributed by atoms with Crippen molar-refractivity contribution in [3.63, 3.8) is 0 Å². The number of benzene rings is 1. The SMILES string of the molecule is CC1=C(N2CCC3(CC2)CC3)N(N)C(C)N(c2cccc(Cl)c2Cl)C1=O. The number of carbonyl (C=O) groups is 1. The van der Waals surface area contributed by atoms with E-state index in [9.17, 15) is 4.79 Å². The van der Waals surface area contributed by atoms with Crippen molar-refractivity contribution >= 4 is 34.8 Å². The number of halogens is 2. The minimum Gasteiger partial charge on any atom is -0.357 e. The third-order valence-corrected chi connectivity index (χ3v) is 6.98. The van der Waals surface area contributed by atoms with E-state index in [-0.39, 0.29) is 12.1 Å². The Morgan fingerprint density at radius 2 is 1.81 bits per heavy atom. The monoisotopic (exact) mass is 394 g/mol. The minimum absolute atomic E-state index is 0.0786. The number of hydrazine groups is 1. The van der Waals surface area contributed by atoms with E-state index >= 15 is 0 Å². The van der Waals surface area contributed by atoms with E-state index in [0.29, 0.717) is 26.7 Å². The first-order valence-electron chi connectivity index (χ1n) is 9.12. The molecular formula is C19H24Cl2N4O. The van der Waals surface area contributed by atoms with Crippen LogP contribution in [0.5, 0.6) is 0 Å². The van der Waals surface area contributed by atoms with Gasteiger partial charge in [0.25, 0.3) is 5.91 Å². The van der Waals surface area contributed by atoms with Gasteiger partial charge < -0.3 is 4.90 Å². The van der Waals surface area contributed by atoms with Gasteiger partial charge in [-0.25, -0.2) is 5.84 Å². The Bertz CT molecular complexity index is 780. The number of likely N-dealkylation sites (tertiary alicyclic amines) is 1. The molecule has 140 valence electrons. The molecule has 1 aromatic rings. The second-order valence-electron chi connectivity index (χ2n) is 7.72. The summed E-state index contributed by atoms with van der Waals surface area (Å²) < 4.78 is 0. The summed E-state index contributed by atoms with van der Waals surface area (Å²) in [5.74, 6) is 7.23. The van der Waals surface area contributed by atoms with Crippen LogP contribution in [0, 0.1) is 5.41 Å². The zero-order chi connectivity index (χ0) is 18.6. The lowest BCUT2D eigenvalue weighted by Crippen LogP contribution is -2.60. The molecule has 1 unspecified atom stereocenters. The van der Waals surface area contributed by atoms with Gasteiger partial charge in [-0.15, -0.1) is 0 Å². The quantitative estimate of drug-likeness (QED) is 0.770. The highest BCUT2D eigenvalue weighted by Crippen LogP contribution is 2.54. The standard InChI is InChI=1S/C19H24Cl2N4O/c1-12-17(23-10-8-19(6-7-19)9-11-23)25(22)13(2)24(18(12)26)15-5-3-4-14(20)16(15)21/h3-5,13H,6-11,22H2,1-2H3. The molecule has 0 radical (unpaired) electrons. The van der Waals surface area contributed by atoms with Crippen molar-refractivity contribution in [2.75, 3.05) is 18.0 Å². The van der Waals surface area contributed by atoms with Crippen molar-refractivity contribution in [3.8, 4) is 0 Å². The molecule has 2 heterocycles. The van der Waals surface area contributed by atoms with Crippen LogP contribution in [-0.4, -0.2) is 35.1 Å². The van der Waals surface area contributed by atoms with Gasteiger partial charge in [0.05, 0.1) is 21.3 Å². The third kappa shape index (κ3) is 2.77. The van der Waals surface area contributed by atoms with E-state index in [2.05, 4.69) is 4.90 Å². The summed E-state index contributed by atoms with van der Waals surface area (Å²) >= 11 is 12.5. The van der Waals surface area contributed by atoms with Gasteiger partial charge in [-0.1, -0.05) is 29.3 Å². The maximum absolute atomic E-state index is 13.2. The van der Waals surface area contributed by atoms with Gasteiger partial charge in [0.2, 0.25) is 0 Å². The van der Waals surface area contributed by atoms with Crippen LogP contribution in [0.4, 0.5) is 5.69 Å². The number of hydrogen-bond donors (Lipinski definition) is 1. The molecule has 7 heteroatoms. The van der Waals surface area contributed by atoms with Crippen molar-refractivity contribution < 1.29 is 4.79 Å². The fourth-order valence-electron chi connectivity index (χ4n) is 4.20. The van der Waals surface area contributed by atoms with Crippen LogP contribution >= 0.6 is 23.2 Å². The number of hydrogen-bond acceptors (Lipinski definition) is 4. The smallest absolute Gasteiger partial charge is 0.259 e. The first-order chi connectivity index (χ1) is 12.3. The molecule has 2 N–H and O–H groups in total. The zero-order valence-corrected chi connectivity index (χ0v) is 16.6. The molecule has 3 aliphatic rings. The lowest BCUT2D eigenvalue weighted by molar-refractivity contribution is -0.117. The highest BCUT2D eigenvalue weighted by molar-refractivity contribution is 6.44. The normalized spacial score (nSPS) is 25.3. The Balaban J connectivity index is 1.67. The van der Waals surface area contributed by atoms with Crippen LogP contribution < -0.4 is 10.7 Å². The van der Waals surface area contributed by atoms with Gasteiger partial charge in [0.1, 0.15) is 12.0 Å². The molecule has 26 heavy (non-hydrogen) atoms.